The number of benzene rings is 1. The van der Waals surface area contributed by atoms with Gasteiger partial charge in [-0.3, -0.25) is 9.69 Å². The summed E-state index contributed by atoms with van der Waals surface area (Å²) in [7, 11) is 0. The Bertz CT molecular complexity index is 876. The van der Waals surface area contributed by atoms with Crippen LogP contribution < -0.4 is 10.9 Å². The first-order chi connectivity index (χ1) is 12.2. The predicted molar refractivity (Wildman–Crippen MR) is 89.7 cm³/mol. The van der Waals surface area contributed by atoms with E-state index < -0.39 is 30.3 Å². The van der Waals surface area contributed by atoms with Crippen LogP contribution in [0.25, 0.3) is 11.0 Å². The van der Waals surface area contributed by atoms with Gasteiger partial charge in [0, 0.05) is 18.0 Å². The van der Waals surface area contributed by atoms with Crippen LogP contribution in [0.5, 0.6) is 0 Å². The van der Waals surface area contributed by atoms with Crippen molar-refractivity contribution in [2.45, 2.75) is 38.5 Å². The van der Waals surface area contributed by atoms with Crippen molar-refractivity contribution in [3.05, 3.63) is 45.8 Å². The summed E-state index contributed by atoms with van der Waals surface area (Å²) >= 11 is 0. The molecule has 0 radical (unpaired) electrons. The number of aryl methyl sites for hydroxylation is 1. The summed E-state index contributed by atoms with van der Waals surface area (Å²) in [4.78, 5) is 25.8. The van der Waals surface area contributed by atoms with E-state index in [1.165, 1.54) is 6.07 Å². The minimum atomic E-state index is -4.44. The summed E-state index contributed by atoms with van der Waals surface area (Å²) in [5, 5.41) is 2.71. The van der Waals surface area contributed by atoms with Crippen LogP contribution in [0, 0.1) is 6.92 Å². The minimum Gasteiger partial charge on any atom is -0.423 e. The van der Waals surface area contributed by atoms with E-state index in [-0.39, 0.29) is 0 Å². The molecule has 1 aliphatic heterocycles. The van der Waals surface area contributed by atoms with Gasteiger partial charge in [0.2, 0.25) is 5.91 Å². The predicted octanol–water partition coefficient (Wildman–Crippen LogP) is 2.74. The number of hydrogen-bond acceptors (Lipinski definition) is 4. The monoisotopic (exact) mass is 368 g/mol. The van der Waals surface area contributed by atoms with Gasteiger partial charge in [-0.2, -0.15) is 13.2 Å². The molecule has 3 rings (SSSR count). The Kier molecular flexibility index (Phi) is 5.04. The molecule has 1 N–H and O–H groups in total. The fourth-order valence-electron chi connectivity index (χ4n) is 3.30. The Balaban J connectivity index is 1.80. The first kappa shape index (κ1) is 18.4. The molecule has 1 aromatic carbocycles. The second kappa shape index (κ2) is 7.11. The van der Waals surface area contributed by atoms with Gasteiger partial charge in [0.1, 0.15) is 12.1 Å². The van der Waals surface area contributed by atoms with E-state index in [0.717, 1.165) is 10.9 Å². The SMILES string of the molecule is Cc1ccc2c(CN3CCC[C@@H]3C(=O)NCC(F)(F)F)cc(=O)oc2c1. The number of likely N-dealkylation sites (tertiary alicyclic amines) is 1. The van der Waals surface area contributed by atoms with Crippen molar-refractivity contribution in [3.63, 3.8) is 0 Å². The molecule has 8 heteroatoms. The fraction of sp³-hybridized carbons (Fsp3) is 0.444. The van der Waals surface area contributed by atoms with E-state index in [9.17, 15) is 22.8 Å². The van der Waals surface area contributed by atoms with Crippen LogP contribution >= 0.6 is 0 Å². The third kappa shape index (κ3) is 4.24. The average molecular weight is 368 g/mol. The lowest BCUT2D eigenvalue weighted by Gasteiger charge is -2.24. The standard InChI is InChI=1S/C18H19F3N2O3/c1-11-4-5-13-12(8-16(24)26-15(13)7-11)9-23-6-2-3-14(23)17(25)22-10-18(19,20)21/h4-5,7-8,14H,2-3,6,9-10H2,1H3,(H,22,25)/t14-/m1/s1. The molecule has 1 aromatic heterocycles. The number of nitrogens with one attached hydrogen (secondary N) is 1. The van der Waals surface area contributed by atoms with Crippen LogP contribution in [-0.4, -0.2) is 36.1 Å². The van der Waals surface area contributed by atoms with Crippen molar-refractivity contribution in [1.29, 1.82) is 0 Å². The van der Waals surface area contributed by atoms with Crippen molar-refractivity contribution in [2.75, 3.05) is 13.1 Å². The highest BCUT2D eigenvalue weighted by molar-refractivity contribution is 5.83. The maximum absolute atomic E-state index is 12.3. The summed E-state index contributed by atoms with van der Waals surface area (Å²) in [6.45, 7) is 1.42. The minimum absolute atomic E-state index is 0.301. The molecule has 0 saturated carbocycles. The second-order valence-electron chi connectivity index (χ2n) is 6.55. The van der Waals surface area contributed by atoms with E-state index in [0.29, 0.717) is 37.1 Å². The van der Waals surface area contributed by atoms with Gasteiger partial charge in [-0.15, -0.1) is 0 Å². The Labute approximate surface area is 147 Å². The molecular formula is C18H19F3N2O3. The topological polar surface area (TPSA) is 62.6 Å². The molecule has 2 aromatic rings. The molecule has 0 unspecified atom stereocenters. The lowest BCUT2D eigenvalue weighted by atomic mass is 10.1. The highest BCUT2D eigenvalue weighted by Gasteiger charge is 2.34. The molecule has 140 valence electrons. The summed E-state index contributed by atoms with van der Waals surface area (Å²) in [5.41, 5.74) is 1.62. The number of carbonyl (C=O) groups excluding carboxylic acids is 1. The van der Waals surface area contributed by atoms with E-state index >= 15 is 0 Å². The summed E-state index contributed by atoms with van der Waals surface area (Å²) < 4.78 is 42.2. The summed E-state index contributed by atoms with van der Waals surface area (Å²) in [6.07, 6.45) is -3.24. The van der Waals surface area contributed by atoms with Crippen molar-refractivity contribution in [1.82, 2.24) is 10.2 Å². The normalized spacial score (nSPS) is 18.4. The molecule has 0 bridgehead atoms. The molecule has 1 fully saturated rings. The van der Waals surface area contributed by atoms with Crippen molar-refractivity contribution in [2.24, 2.45) is 0 Å². The molecule has 2 heterocycles. The van der Waals surface area contributed by atoms with Crippen LogP contribution in [0.15, 0.2) is 33.5 Å². The quantitative estimate of drug-likeness (QED) is 0.843. The van der Waals surface area contributed by atoms with Gasteiger partial charge >= 0.3 is 11.8 Å². The smallest absolute Gasteiger partial charge is 0.405 e. The Morgan fingerprint density at radius 3 is 2.85 bits per heavy atom. The van der Waals surface area contributed by atoms with Crippen molar-refractivity contribution >= 4 is 16.9 Å². The number of fused-ring (bicyclic) bond motifs is 1. The van der Waals surface area contributed by atoms with Gasteiger partial charge in [-0.05, 0) is 43.5 Å². The molecule has 5 nitrogen and oxygen atoms in total. The molecule has 1 aliphatic rings. The lowest BCUT2D eigenvalue weighted by Crippen LogP contribution is -2.45. The Hall–Kier alpha value is -2.35. The molecular weight excluding hydrogens is 349 g/mol. The number of nitrogens with zero attached hydrogens (tertiary/aromatic N) is 1. The van der Waals surface area contributed by atoms with Crippen LogP contribution in [0.3, 0.4) is 0 Å². The zero-order valence-corrected chi connectivity index (χ0v) is 14.2. The molecule has 1 saturated heterocycles. The molecule has 1 atom stereocenters. The van der Waals surface area contributed by atoms with E-state index in [2.05, 4.69) is 0 Å². The molecule has 0 aliphatic carbocycles. The third-order valence-corrected chi connectivity index (χ3v) is 4.49. The number of hydrogen-bond donors (Lipinski definition) is 1. The fourth-order valence-corrected chi connectivity index (χ4v) is 3.30. The van der Waals surface area contributed by atoms with E-state index in [4.69, 9.17) is 4.42 Å². The highest BCUT2D eigenvalue weighted by atomic mass is 19.4. The first-order valence-corrected chi connectivity index (χ1v) is 8.35. The Morgan fingerprint density at radius 1 is 1.35 bits per heavy atom. The number of amides is 1. The molecule has 1 amide bonds. The molecule has 26 heavy (non-hydrogen) atoms. The van der Waals surface area contributed by atoms with Crippen LogP contribution in [-0.2, 0) is 11.3 Å². The largest absolute Gasteiger partial charge is 0.423 e. The van der Waals surface area contributed by atoms with Gasteiger partial charge in [0.15, 0.2) is 0 Å². The maximum Gasteiger partial charge on any atom is 0.405 e. The van der Waals surface area contributed by atoms with Gasteiger partial charge in [-0.1, -0.05) is 12.1 Å². The van der Waals surface area contributed by atoms with Gasteiger partial charge < -0.3 is 9.73 Å². The van der Waals surface area contributed by atoms with Crippen molar-refractivity contribution in [3.8, 4) is 0 Å². The highest BCUT2D eigenvalue weighted by Crippen LogP contribution is 2.25. The zero-order chi connectivity index (χ0) is 18.9. The summed E-state index contributed by atoms with van der Waals surface area (Å²) in [5.74, 6) is -0.636. The van der Waals surface area contributed by atoms with Crippen LogP contribution in [0.4, 0.5) is 13.2 Å². The van der Waals surface area contributed by atoms with E-state index in [1.807, 2.05) is 24.4 Å². The average Bonchev–Trinajstić information content (AvgIpc) is 2.99. The zero-order valence-electron chi connectivity index (χ0n) is 14.2. The van der Waals surface area contributed by atoms with Crippen molar-refractivity contribution < 1.29 is 22.4 Å². The summed E-state index contributed by atoms with van der Waals surface area (Å²) in [6, 6.07) is 6.24. The molecule has 0 spiro atoms. The Morgan fingerprint density at radius 2 is 2.12 bits per heavy atom. The number of halogens is 3. The third-order valence-electron chi connectivity index (χ3n) is 4.49. The lowest BCUT2D eigenvalue weighted by molar-refractivity contribution is -0.141. The number of rotatable bonds is 4. The van der Waals surface area contributed by atoms with Crippen LogP contribution in [0.1, 0.15) is 24.0 Å². The van der Waals surface area contributed by atoms with Gasteiger partial charge in [-0.25, -0.2) is 4.79 Å². The maximum atomic E-state index is 12.3. The second-order valence-corrected chi connectivity index (χ2v) is 6.55. The van der Waals surface area contributed by atoms with Gasteiger partial charge in [0.25, 0.3) is 0 Å². The van der Waals surface area contributed by atoms with Gasteiger partial charge in [0.05, 0.1) is 6.04 Å². The first-order valence-electron chi connectivity index (χ1n) is 8.35. The van der Waals surface area contributed by atoms with E-state index in [1.54, 1.807) is 11.0 Å². The number of carbonyl (C=O) groups is 1. The van der Waals surface area contributed by atoms with Crippen LogP contribution in [0.2, 0.25) is 0 Å². The number of alkyl halides is 3.